The first-order valence-electron chi connectivity index (χ1n) is 17.7. The third-order valence-corrected chi connectivity index (χ3v) is 15.6. The van der Waals surface area contributed by atoms with Gasteiger partial charge < -0.3 is 9.84 Å². The Morgan fingerprint density at radius 1 is 0.814 bits per heavy atom. The number of esters is 1. The Morgan fingerprint density at radius 3 is 2.26 bits per heavy atom. The van der Waals surface area contributed by atoms with E-state index in [1.807, 2.05) is 0 Å². The number of ketones is 2. The zero-order valence-electron chi connectivity index (χ0n) is 27.9. The highest BCUT2D eigenvalue weighted by Gasteiger charge is 2.67. The molecule has 0 spiro atoms. The van der Waals surface area contributed by atoms with Crippen LogP contribution in [-0.4, -0.2) is 35.4 Å². The molecule has 1 N–H and O–H groups in total. The Bertz CT molecular complexity index is 1170. The van der Waals surface area contributed by atoms with Gasteiger partial charge >= 0.3 is 5.97 Å². The number of fused-ring (bicyclic) bond motifs is 7. The van der Waals surface area contributed by atoms with Crippen molar-refractivity contribution in [3.8, 4) is 0 Å². The van der Waals surface area contributed by atoms with Crippen molar-refractivity contribution in [3.63, 3.8) is 0 Å². The second-order valence-electron chi connectivity index (χ2n) is 17.8. The molecule has 6 aliphatic rings. The molecule has 0 aromatic heterocycles. The number of hydrogen-bond acceptors (Lipinski definition) is 5. The number of carbonyl (C=O) groups is 3. The third kappa shape index (κ3) is 5.10. The van der Waals surface area contributed by atoms with Crippen LogP contribution in [0.1, 0.15) is 131 Å². The van der Waals surface area contributed by atoms with Crippen LogP contribution in [-0.2, 0) is 19.1 Å². The molecule has 6 fully saturated rings. The van der Waals surface area contributed by atoms with Gasteiger partial charge in [0.05, 0.1) is 12.7 Å². The van der Waals surface area contributed by atoms with E-state index >= 15 is 0 Å². The van der Waals surface area contributed by atoms with Gasteiger partial charge in [0, 0.05) is 24.3 Å². The van der Waals surface area contributed by atoms with E-state index in [0.29, 0.717) is 47.0 Å². The molecule has 0 radical (unpaired) electrons. The van der Waals surface area contributed by atoms with Crippen molar-refractivity contribution in [2.24, 2.45) is 62.6 Å². The first-order chi connectivity index (χ1) is 20.1. The molecule has 0 aromatic carbocycles. The molecule has 5 nitrogen and oxygen atoms in total. The molecule has 12 atom stereocenters. The summed E-state index contributed by atoms with van der Waals surface area (Å²) in [7, 11) is 0. The van der Waals surface area contributed by atoms with Crippen LogP contribution < -0.4 is 0 Å². The number of rotatable bonds is 4. The molecule has 6 rings (SSSR count). The lowest BCUT2D eigenvalue weighted by molar-refractivity contribution is -0.231. The van der Waals surface area contributed by atoms with E-state index in [1.165, 1.54) is 57.4 Å². The van der Waals surface area contributed by atoms with Crippen LogP contribution in [0, 0.1) is 62.6 Å². The van der Waals surface area contributed by atoms with Gasteiger partial charge in [-0.15, -0.1) is 0 Å². The number of ether oxygens (including phenoxy) is 1. The second kappa shape index (κ2) is 10.8. The van der Waals surface area contributed by atoms with Crippen LogP contribution in [0.4, 0.5) is 0 Å². The first-order valence-corrected chi connectivity index (χ1v) is 17.7. The van der Waals surface area contributed by atoms with Crippen LogP contribution in [0.3, 0.4) is 0 Å². The van der Waals surface area contributed by atoms with E-state index < -0.39 is 0 Å². The van der Waals surface area contributed by atoms with Gasteiger partial charge in [-0.25, -0.2) is 4.79 Å². The van der Waals surface area contributed by atoms with E-state index in [9.17, 15) is 19.5 Å². The summed E-state index contributed by atoms with van der Waals surface area (Å²) in [5, 5.41) is 10.8. The molecular weight excluding hydrogens is 536 g/mol. The summed E-state index contributed by atoms with van der Waals surface area (Å²) in [4.78, 5) is 36.0. The molecule has 0 heterocycles. The fourth-order valence-electron chi connectivity index (χ4n) is 12.6. The van der Waals surface area contributed by atoms with Gasteiger partial charge in [0.1, 0.15) is 0 Å². The van der Waals surface area contributed by atoms with Gasteiger partial charge in [0.15, 0.2) is 11.6 Å². The van der Waals surface area contributed by atoms with Gasteiger partial charge in [0.25, 0.3) is 0 Å². The lowest BCUT2D eigenvalue weighted by Crippen LogP contribution is -2.64. The Hall–Kier alpha value is -1.49. The summed E-state index contributed by atoms with van der Waals surface area (Å²) in [6.07, 6.45) is 17.7. The Kier molecular flexibility index (Phi) is 7.91. The van der Waals surface area contributed by atoms with Crippen molar-refractivity contribution in [2.45, 2.75) is 138 Å². The average Bonchev–Trinajstić information content (AvgIpc) is 2.96. The van der Waals surface area contributed by atoms with Gasteiger partial charge in [0.2, 0.25) is 0 Å². The minimum atomic E-state index is -0.321. The fraction of sp³-hybridized carbons (Fsp3) is 0.868. The Labute approximate surface area is 260 Å². The predicted octanol–water partition coefficient (Wildman–Crippen LogP) is 7.88. The lowest BCUT2D eigenvalue weighted by Gasteiger charge is -2.71. The van der Waals surface area contributed by atoms with E-state index in [4.69, 9.17) is 4.74 Å². The molecular formula is C38H58O5. The van der Waals surface area contributed by atoms with Crippen LogP contribution >= 0.6 is 0 Å². The average molecular weight is 595 g/mol. The van der Waals surface area contributed by atoms with E-state index in [0.717, 1.165) is 31.1 Å². The molecule has 0 aromatic rings. The summed E-state index contributed by atoms with van der Waals surface area (Å²) in [6, 6.07) is 0. The van der Waals surface area contributed by atoms with Crippen LogP contribution in [0.2, 0.25) is 0 Å². The molecule has 240 valence electrons. The summed E-state index contributed by atoms with van der Waals surface area (Å²) in [6.45, 7) is 15.5. The van der Waals surface area contributed by atoms with E-state index in [2.05, 4.69) is 41.5 Å². The summed E-state index contributed by atoms with van der Waals surface area (Å²) in [5.74, 6) is 2.27. The minimum Gasteiger partial charge on any atom is -0.462 e. The summed E-state index contributed by atoms with van der Waals surface area (Å²) in [5.41, 5.74) is 1.32. The molecule has 43 heavy (non-hydrogen) atoms. The molecule has 0 aliphatic heterocycles. The number of aliphatic hydroxyl groups excluding tert-OH is 1. The SMILES string of the molecule is CC1C(O)CCC2C1(C)CCC1C3(C)CCC4(C)CCC(C)(COC(=O)/C=C/C5CCC(=O)C(=O)C5)CC4C3CCC21C. The number of carbonyl (C=O) groups excluding carboxylic acids is 3. The number of allylic oxidation sites excluding steroid dienone is 1. The van der Waals surface area contributed by atoms with Crippen molar-refractivity contribution in [3.05, 3.63) is 12.2 Å². The molecule has 0 bridgehead atoms. The van der Waals surface area contributed by atoms with Crippen molar-refractivity contribution >= 4 is 17.5 Å². The highest BCUT2D eigenvalue weighted by atomic mass is 16.5. The van der Waals surface area contributed by atoms with Gasteiger partial charge in [-0.3, -0.25) is 9.59 Å². The van der Waals surface area contributed by atoms with E-state index in [1.54, 1.807) is 6.08 Å². The maximum absolute atomic E-state index is 12.7. The van der Waals surface area contributed by atoms with Gasteiger partial charge in [-0.2, -0.15) is 0 Å². The topological polar surface area (TPSA) is 80.7 Å². The Balaban J connectivity index is 1.15. The maximum Gasteiger partial charge on any atom is 0.330 e. The molecule has 0 saturated heterocycles. The molecule has 6 saturated carbocycles. The summed E-state index contributed by atoms with van der Waals surface area (Å²) < 4.78 is 5.89. The summed E-state index contributed by atoms with van der Waals surface area (Å²) >= 11 is 0. The molecule has 6 aliphatic carbocycles. The van der Waals surface area contributed by atoms with Gasteiger partial charge in [-0.05, 0) is 134 Å². The normalized spacial score (nSPS) is 51.7. The van der Waals surface area contributed by atoms with Crippen LogP contribution in [0.15, 0.2) is 12.2 Å². The molecule has 12 unspecified atom stereocenters. The number of Topliss-reactive ketones (excluding diaryl/α,β-unsaturated/α-hetero) is 2. The first kappa shape index (κ1) is 31.5. The van der Waals surface area contributed by atoms with Crippen molar-refractivity contribution in [2.75, 3.05) is 6.61 Å². The van der Waals surface area contributed by atoms with Crippen LogP contribution in [0.25, 0.3) is 0 Å². The largest absolute Gasteiger partial charge is 0.462 e. The van der Waals surface area contributed by atoms with E-state index in [-0.39, 0.29) is 53.2 Å². The minimum absolute atomic E-state index is 0.0139. The zero-order chi connectivity index (χ0) is 31.0. The predicted molar refractivity (Wildman–Crippen MR) is 168 cm³/mol. The number of aliphatic hydroxyl groups is 1. The highest BCUT2D eigenvalue weighted by Crippen LogP contribution is 2.74. The standard InChI is InChI=1S/C38H58O5/c1-24-28(39)10-11-31-36(24,4)16-14-32-37(5)20-19-35(3)18-17-34(2,22-27(35)26(37)13-15-38(31,32)6)23-43-33(42)12-8-25-7-9-29(40)30(41)21-25/h8,12,24-28,31-32,39H,7,9-11,13-23H2,1-6H3/b12-8+. The zero-order valence-corrected chi connectivity index (χ0v) is 27.9. The monoisotopic (exact) mass is 594 g/mol. The van der Waals surface area contributed by atoms with Crippen LogP contribution in [0.5, 0.6) is 0 Å². The Morgan fingerprint density at radius 2 is 1.51 bits per heavy atom. The maximum atomic E-state index is 12.7. The fourth-order valence-corrected chi connectivity index (χ4v) is 12.6. The number of hydrogen-bond donors (Lipinski definition) is 1. The molecule has 5 heteroatoms. The molecule has 0 amide bonds. The van der Waals surface area contributed by atoms with Crippen molar-refractivity contribution in [1.82, 2.24) is 0 Å². The lowest BCUT2D eigenvalue weighted by atomic mass is 9.34. The van der Waals surface area contributed by atoms with Gasteiger partial charge in [-0.1, -0.05) is 47.6 Å². The van der Waals surface area contributed by atoms with Crippen molar-refractivity contribution in [1.29, 1.82) is 0 Å². The second-order valence-corrected chi connectivity index (χ2v) is 17.8. The van der Waals surface area contributed by atoms with Crippen molar-refractivity contribution < 1.29 is 24.2 Å². The quantitative estimate of drug-likeness (QED) is 0.203. The highest BCUT2D eigenvalue weighted by molar-refractivity contribution is 6.37. The smallest absolute Gasteiger partial charge is 0.330 e. The third-order valence-electron chi connectivity index (χ3n) is 15.6.